The van der Waals surface area contributed by atoms with Gasteiger partial charge in [0.1, 0.15) is 10.6 Å². The molecule has 1 amide bonds. The summed E-state index contributed by atoms with van der Waals surface area (Å²) in [6.07, 6.45) is 0.622. The number of sulfonamides is 1. The molecule has 3 aromatic carbocycles. The summed E-state index contributed by atoms with van der Waals surface area (Å²) < 4.78 is 44.6. The van der Waals surface area contributed by atoms with Crippen LogP contribution in [-0.4, -0.2) is 73.4 Å². The second kappa shape index (κ2) is 17.1. The molecule has 1 fully saturated rings. The minimum atomic E-state index is -3.83. The Hall–Kier alpha value is -4.83. The number of rotatable bonds is 13. The summed E-state index contributed by atoms with van der Waals surface area (Å²) in [6, 6.07) is 20.9. The molecule has 0 bridgehead atoms. The van der Waals surface area contributed by atoms with Crippen LogP contribution in [0.15, 0.2) is 78.9 Å². The van der Waals surface area contributed by atoms with E-state index in [1.807, 2.05) is 0 Å². The SMILES string of the molecule is CCOC(=O)COc1c(C(=O)OC(C)(C)C)sc(-c2cccc(N(C(=O)c3ccccc3)C3CCN(S(=O)(=O)Cc4cccc([N+](=O)[O-])c4)CC3)c2)c1Cl. The van der Waals surface area contributed by atoms with Crippen molar-refractivity contribution in [3.05, 3.63) is 110 Å². The van der Waals surface area contributed by atoms with Crippen molar-refractivity contribution in [3.63, 3.8) is 0 Å². The number of thiophene rings is 1. The van der Waals surface area contributed by atoms with E-state index in [4.69, 9.17) is 25.8 Å². The molecular formula is C38H40ClN3O10S2. The van der Waals surface area contributed by atoms with Gasteiger partial charge in [0.15, 0.2) is 17.2 Å². The lowest BCUT2D eigenvalue weighted by Crippen LogP contribution is -2.49. The maximum absolute atomic E-state index is 14.2. The quantitative estimate of drug-likeness (QED) is 0.0752. The minimum absolute atomic E-state index is 0.0275. The number of benzene rings is 3. The van der Waals surface area contributed by atoms with Gasteiger partial charge in [-0.05, 0) is 75.9 Å². The number of amides is 1. The molecule has 0 radical (unpaired) electrons. The Bertz CT molecular complexity index is 2130. The minimum Gasteiger partial charge on any atom is -0.479 e. The summed E-state index contributed by atoms with van der Waals surface area (Å²) in [5.41, 5.74) is 0.781. The third kappa shape index (κ3) is 9.82. The molecular weight excluding hydrogens is 758 g/mol. The topological polar surface area (TPSA) is 163 Å². The fourth-order valence-electron chi connectivity index (χ4n) is 5.95. The molecule has 4 aromatic rings. The highest BCUT2D eigenvalue weighted by Gasteiger charge is 2.35. The Morgan fingerprint density at radius 1 is 1.00 bits per heavy atom. The number of non-ortho nitro benzene ring substituents is 1. The highest BCUT2D eigenvalue weighted by molar-refractivity contribution is 7.88. The van der Waals surface area contributed by atoms with Crippen LogP contribution >= 0.6 is 22.9 Å². The van der Waals surface area contributed by atoms with Crippen LogP contribution in [0.5, 0.6) is 5.75 Å². The van der Waals surface area contributed by atoms with E-state index in [1.54, 1.807) is 87.2 Å². The van der Waals surface area contributed by atoms with Gasteiger partial charge in [0.05, 0.1) is 22.2 Å². The van der Waals surface area contributed by atoms with E-state index in [0.29, 0.717) is 40.1 Å². The molecule has 1 aliphatic rings. The zero-order valence-corrected chi connectivity index (χ0v) is 32.5. The monoisotopic (exact) mass is 797 g/mol. The van der Waals surface area contributed by atoms with E-state index in [0.717, 1.165) is 11.3 Å². The molecule has 0 N–H and O–H groups in total. The smallest absolute Gasteiger partial charge is 0.352 e. The fraction of sp³-hybridized carbons (Fsp3) is 0.342. The number of halogens is 1. The van der Waals surface area contributed by atoms with Gasteiger partial charge < -0.3 is 19.1 Å². The van der Waals surface area contributed by atoms with Gasteiger partial charge in [-0.3, -0.25) is 14.9 Å². The molecule has 2 heterocycles. The van der Waals surface area contributed by atoms with Crippen molar-refractivity contribution in [3.8, 4) is 16.2 Å². The lowest BCUT2D eigenvalue weighted by atomic mass is 10.0. The third-order valence-electron chi connectivity index (χ3n) is 8.31. The summed E-state index contributed by atoms with van der Waals surface area (Å²) >= 11 is 7.89. The Balaban J connectivity index is 1.46. The number of hydrogen-bond acceptors (Lipinski definition) is 11. The Kier molecular flexibility index (Phi) is 12.8. The molecule has 1 aromatic heterocycles. The number of nitro groups is 1. The normalized spacial score (nSPS) is 13.9. The lowest BCUT2D eigenvalue weighted by Gasteiger charge is -2.38. The summed E-state index contributed by atoms with van der Waals surface area (Å²) in [5.74, 6) is -2.05. The van der Waals surface area contributed by atoms with Gasteiger partial charge in [-0.1, -0.05) is 54.1 Å². The number of hydrogen-bond donors (Lipinski definition) is 0. The molecule has 16 heteroatoms. The molecule has 0 atom stereocenters. The van der Waals surface area contributed by atoms with Crippen molar-refractivity contribution in [1.82, 2.24) is 4.31 Å². The van der Waals surface area contributed by atoms with Crippen LogP contribution in [0.1, 0.15) is 66.1 Å². The van der Waals surface area contributed by atoms with Crippen LogP contribution in [0.2, 0.25) is 5.02 Å². The van der Waals surface area contributed by atoms with Crippen molar-refractivity contribution < 1.29 is 41.9 Å². The largest absolute Gasteiger partial charge is 0.479 e. The number of anilines is 1. The Morgan fingerprint density at radius 3 is 2.33 bits per heavy atom. The maximum Gasteiger partial charge on any atom is 0.352 e. The number of esters is 2. The summed E-state index contributed by atoms with van der Waals surface area (Å²) in [7, 11) is -3.83. The van der Waals surface area contributed by atoms with Gasteiger partial charge in [0, 0.05) is 42.5 Å². The molecule has 286 valence electrons. The van der Waals surface area contributed by atoms with Crippen molar-refractivity contribution >= 4 is 62.2 Å². The zero-order chi connectivity index (χ0) is 39.2. The van der Waals surface area contributed by atoms with Crippen molar-refractivity contribution in [1.29, 1.82) is 0 Å². The second-order valence-corrected chi connectivity index (χ2v) is 16.8. The highest BCUT2D eigenvalue weighted by Crippen LogP contribution is 2.47. The lowest BCUT2D eigenvalue weighted by molar-refractivity contribution is -0.384. The van der Waals surface area contributed by atoms with Crippen LogP contribution in [-0.2, 0) is 30.0 Å². The van der Waals surface area contributed by atoms with E-state index in [1.165, 1.54) is 28.6 Å². The first-order valence-corrected chi connectivity index (χ1v) is 19.9. The Morgan fingerprint density at radius 2 is 1.69 bits per heavy atom. The van der Waals surface area contributed by atoms with Crippen LogP contribution in [0, 0.1) is 10.1 Å². The predicted molar refractivity (Wildman–Crippen MR) is 206 cm³/mol. The second-order valence-electron chi connectivity index (χ2n) is 13.4. The van der Waals surface area contributed by atoms with Gasteiger partial charge in [0.2, 0.25) is 10.0 Å². The molecule has 1 saturated heterocycles. The zero-order valence-electron chi connectivity index (χ0n) is 30.2. The molecule has 0 aliphatic carbocycles. The van der Waals surface area contributed by atoms with Crippen molar-refractivity contribution in [2.75, 3.05) is 31.2 Å². The van der Waals surface area contributed by atoms with Crippen LogP contribution in [0.25, 0.3) is 10.4 Å². The molecule has 0 spiro atoms. The number of carbonyl (C=O) groups is 3. The van der Waals surface area contributed by atoms with Crippen LogP contribution in [0.4, 0.5) is 11.4 Å². The summed E-state index contributed by atoms with van der Waals surface area (Å²) in [4.78, 5) is 52.5. The molecule has 5 rings (SSSR count). The number of nitro benzene ring substituents is 1. The average Bonchev–Trinajstić information content (AvgIpc) is 3.46. The van der Waals surface area contributed by atoms with Gasteiger partial charge >= 0.3 is 11.9 Å². The van der Waals surface area contributed by atoms with E-state index in [9.17, 15) is 32.9 Å². The molecule has 0 unspecified atom stereocenters. The molecule has 0 saturated carbocycles. The highest BCUT2D eigenvalue weighted by atomic mass is 35.5. The van der Waals surface area contributed by atoms with Gasteiger partial charge in [-0.25, -0.2) is 22.3 Å². The number of ether oxygens (including phenoxy) is 3. The van der Waals surface area contributed by atoms with Crippen molar-refractivity contribution in [2.45, 2.75) is 57.9 Å². The van der Waals surface area contributed by atoms with E-state index >= 15 is 0 Å². The predicted octanol–water partition coefficient (Wildman–Crippen LogP) is 7.52. The van der Waals surface area contributed by atoms with Crippen LogP contribution in [0.3, 0.4) is 0 Å². The van der Waals surface area contributed by atoms with Crippen LogP contribution < -0.4 is 9.64 Å². The molecule has 1 aliphatic heterocycles. The van der Waals surface area contributed by atoms with Gasteiger partial charge in [-0.2, -0.15) is 0 Å². The van der Waals surface area contributed by atoms with E-state index in [-0.39, 0.29) is 46.9 Å². The Labute approximate surface area is 322 Å². The third-order valence-corrected chi connectivity index (χ3v) is 11.8. The maximum atomic E-state index is 14.2. The van der Waals surface area contributed by atoms with E-state index in [2.05, 4.69) is 0 Å². The number of nitrogens with zero attached hydrogens (tertiary/aromatic N) is 3. The van der Waals surface area contributed by atoms with Crippen molar-refractivity contribution in [2.24, 2.45) is 0 Å². The van der Waals surface area contributed by atoms with Gasteiger partial charge in [0.25, 0.3) is 11.6 Å². The average molecular weight is 798 g/mol. The molecule has 13 nitrogen and oxygen atoms in total. The van der Waals surface area contributed by atoms with E-state index < -0.39 is 50.9 Å². The standard InChI is InChI=1S/C38H40ClN3O10S2/c1-5-50-31(43)23-51-33-32(39)34(53-35(33)37(45)52-38(2,3)4)27-14-10-15-29(22-27)41(36(44)26-12-7-6-8-13-26)28-17-19-40(20-18-28)54(48,49)24-25-11-9-16-30(21-25)42(46)47/h6-16,21-22,28H,5,17-20,23-24H2,1-4H3. The first-order valence-electron chi connectivity index (χ1n) is 17.1. The summed E-state index contributed by atoms with van der Waals surface area (Å²) in [6.45, 7) is 6.72. The van der Waals surface area contributed by atoms with Gasteiger partial charge in [-0.15, -0.1) is 11.3 Å². The fourth-order valence-corrected chi connectivity index (χ4v) is 8.94. The molecule has 54 heavy (non-hydrogen) atoms. The first-order chi connectivity index (χ1) is 25.6. The first kappa shape index (κ1) is 40.4. The number of piperidine rings is 1. The number of carbonyl (C=O) groups excluding carboxylic acids is 3. The summed E-state index contributed by atoms with van der Waals surface area (Å²) in [5, 5.41) is 11.3.